The van der Waals surface area contributed by atoms with Crippen molar-refractivity contribution in [1.29, 1.82) is 0 Å². The SMILES string of the molecule is COc1cc2c(-c3ccc(CN[SH](=O)=O)cc3)nn(C)c(=O)c2cc1OC.Cl. The fourth-order valence-electron chi connectivity index (χ4n) is 2.82. The van der Waals surface area contributed by atoms with Crippen LogP contribution in [0.4, 0.5) is 0 Å². The molecule has 0 fully saturated rings. The molecule has 0 amide bonds. The molecule has 0 bridgehead atoms. The van der Waals surface area contributed by atoms with E-state index in [9.17, 15) is 13.2 Å². The maximum Gasteiger partial charge on any atom is 0.274 e. The zero-order valence-corrected chi connectivity index (χ0v) is 17.2. The number of thiol groups is 1. The zero-order valence-electron chi connectivity index (χ0n) is 15.5. The van der Waals surface area contributed by atoms with Gasteiger partial charge in [-0.2, -0.15) is 5.10 Å². The van der Waals surface area contributed by atoms with Crippen LogP contribution in [-0.4, -0.2) is 32.4 Å². The first kappa shape index (κ1) is 21.7. The van der Waals surface area contributed by atoms with Crippen LogP contribution in [0.25, 0.3) is 22.0 Å². The van der Waals surface area contributed by atoms with Crippen molar-refractivity contribution in [3.05, 3.63) is 52.3 Å². The maximum absolute atomic E-state index is 12.5. The highest BCUT2D eigenvalue weighted by Crippen LogP contribution is 2.34. The summed E-state index contributed by atoms with van der Waals surface area (Å²) in [6.45, 7) is 0.214. The molecule has 3 rings (SSSR count). The normalized spacial score (nSPS) is 10.7. The number of hydrogen-bond acceptors (Lipinski definition) is 6. The molecule has 10 heteroatoms. The van der Waals surface area contributed by atoms with Crippen molar-refractivity contribution in [2.24, 2.45) is 7.05 Å². The fourth-order valence-corrected chi connectivity index (χ4v) is 3.14. The monoisotopic (exact) mass is 425 g/mol. The summed E-state index contributed by atoms with van der Waals surface area (Å²) in [5.41, 5.74) is 1.97. The first-order valence-electron chi connectivity index (χ1n) is 8.05. The molecule has 28 heavy (non-hydrogen) atoms. The van der Waals surface area contributed by atoms with Gasteiger partial charge in [0.15, 0.2) is 11.5 Å². The number of aryl methyl sites for hydroxylation is 1. The highest BCUT2D eigenvalue weighted by atomic mass is 35.5. The Morgan fingerprint density at radius 1 is 1.04 bits per heavy atom. The van der Waals surface area contributed by atoms with Crippen LogP contribution in [0.15, 0.2) is 41.2 Å². The second-order valence-electron chi connectivity index (χ2n) is 5.82. The van der Waals surface area contributed by atoms with Crippen LogP contribution in [0.1, 0.15) is 5.56 Å². The Kier molecular flexibility index (Phi) is 7.00. The lowest BCUT2D eigenvalue weighted by Gasteiger charge is -2.13. The molecule has 0 saturated carbocycles. The van der Waals surface area contributed by atoms with Gasteiger partial charge in [-0.15, -0.1) is 12.4 Å². The first-order valence-corrected chi connectivity index (χ1v) is 9.22. The van der Waals surface area contributed by atoms with Crippen LogP contribution in [0, 0.1) is 0 Å². The molecule has 1 N–H and O–H groups in total. The number of aromatic nitrogens is 2. The Morgan fingerprint density at radius 2 is 1.61 bits per heavy atom. The number of methoxy groups -OCH3 is 2. The summed E-state index contributed by atoms with van der Waals surface area (Å²) < 4.78 is 35.6. The Bertz CT molecular complexity index is 1120. The van der Waals surface area contributed by atoms with E-state index in [0.717, 1.165) is 11.1 Å². The number of benzene rings is 2. The van der Waals surface area contributed by atoms with Gasteiger partial charge in [0.25, 0.3) is 5.56 Å². The van der Waals surface area contributed by atoms with E-state index in [1.165, 1.54) is 18.9 Å². The Labute approximate surface area is 169 Å². The van der Waals surface area contributed by atoms with Crippen LogP contribution < -0.4 is 19.8 Å². The minimum atomic E-state index is -2.64. The number of hydrogen-bond donors (Lipinski definition) is 2. The van der Waals surface area contributed by atoms with E-state index in [1.54, 1.807) is 31.3 Å². The van der Waals surface area contributed by atoms with Gasteiger partial charge < -0.3 is 9.47 Å². The van der Waals surface area contributed by atoms with E-state index in [4.69, 9.17) is 9.47 Å². The molecule has 0 unspecified atom stereocenters. The minimum Gasteiger partial charge on any atom is -0.493 e. The lowest BCUT2D eigenvalue weighted by Crippen LogP contribution is -2.20. The largest absolute Gasteiger partial charge is 0.493 e. The van der Waals surface area contributed by atoms with Gasteiger partial charge in [0.2, 0.25) is 10.9 Å². The predicted molar refractivity (Wildman–Crippen MR) is 110 cm³/mol. The Balaban J connectivity index is 0.00000280. The van der Waals surface area contributed by atoms with E-state index in [-0.39, 0.29) is 24.5 Å². The van der Waals surface area contributed by atoms with Gasteiger partial charge in [0, 0.05) is 24.5 Å². The van der Waals surface area contributed by atoms with Crippen LogP contribution in [-0.2, 0) is 24.5 Å². The molecular formula is C18H20ClN3O5S. The molecule has 3 aromatic rings. The third kappa shape index (κ3) is 4.27. The number of ether oxygens (including phenoxy) is 2. The van der Waals surface area contributed by atoms with Crippen LogP contribution in [0.5, 0.6) is 11.5 Å². The summed E-state index contributed by atoms with van der Waals surface area (Å²) >= 11 is 0. The smallest absolute Gasteiger partial charge is 0.274 e. The molecule has 0 radical (unpaired) electrons. The minimum absolute atomic E-state index is 0. The van der Waals surface area contributed by atoms with Crippen molar-refractivity contribution in [2.75, 3.05) is 14.2 Å². The number of nitrogens with one attached hydrogen (secondary N) is 1. The molecule has 0 saturated heterocycles. The lowest BCUT2D eigenvalue weighted by molar-refractivity contribution is 0.356. The van der Waals surface area contributed by atoms with Crippen LogP contribution in [0.3, 0.4) is 0 Å². The Hall–Kier alpha value is -2.62. The molecule has 0 spiro atoms. The van der Waals surface area contributed by atoms with Crippen molar-refractivity contribution in [2.45, 2.75) is 6.54 Å². The van der Waals surface area contributed by atoms with Gasteiger partial charge in [-0.1, -0.05) is 24.3 Å². The summed E-state index contributed by atoms with van der Waals surface area (Å²) in [6, 6.07) is 10.6. The summed E-state index contributed by atoms with van der Waals surface area (Å²) in [7, 11) is 1.99. The highest BCUT2D eigenvalue weighted by Gasteiger charge is 2.15. The summed E-state index contributed by atoms with van der Waals surface area (Å²) in [6.07, 6.45) is 0. The van der Waals surface area contributed by atoms with Crippen LogP contribution >= 0.6 is 12.4 Å². The molecule has 0 aliphatic heterocycles. The second kappa shape index (κ2) is 9.05. The van der Waals surface area contributed by atoms with Gasteiger partial charge in [-0.25, -0.2) is 17.8 Å². The number of rotatable bonds is 6. The van der Waals surface area contributed by atoms with Gasteiger partial charge in [0.05, 0.1) is 25.3 Å². The third-order valence-corrected chi connectivity index (χ3v) is 4.61. The fraction of sp³-hybridized carbons (Fsp3) is 0.222. The van der Waals surface area contributed by atoms with Crippen molar-refractivity contribution >= 4 is 34.1 Å². The van der Waals surface area contributed by atoms with Gasteiger partial charge in [-0.3, -0.25) is 4.79 Å². The van der Waals surface area contributed by atoms with Crippen molar-refractivity contribution in [3.8, 4) is 22.8 Å². The number of fused-ring (bicyclic) bond motifs is 1. The summed E-state index contributed by atoms with van der Waals surface area (Å²) in [4.78, 5) is 12.5. The molecule has 1 heterocycles. The van der Waals surface area contributed by atoms with Crippen molar-refractivity contribution in [1.82, 2.24) is 14.5 Å². The van der Waals surface area contributed by atoms with E-state index in [0.29, 0.717) is 28.0 Å². The predicted octanol–water partition coefficient (Wildman–Crippen LogP) is 1.66. The molecule has 0 atom stereocenters. The lowest BCUT2D eigenvalue weighted by atomic mass is 10.0. The van der Waals surface area contributed by atoms with Gasteiger partial charge in [0.1, 0.15) is 0 Å². The van der Waals surface area contributed by atoms with Gasteiger partial charge >= 0.3 is 0 Å². The number of halogens is 1. The second-order valence-corrected chi connectivity index (χ2v) is 6.65. The first-order chi connectivity index (χ1) is 12.9. The molecular weight excluding hydrogens is 406 g/mol. The van der Waals surface area contributed by atoms with E-state index >= 15 is 0 Å². The van der Waals surface area contributed by atoms with E-state index in [1.807, 2.05) is 12.1 Å². The molecule has 2 aromatic carbocycles. The zero-order chi connectivity index (χ0) is 19.6. The maximum atomic E-state index is 12.5. The average Bonchev–Trinajstić information content (AvgIpc) is 2.68. The summed E-state index contributed by atoms with van der Waals surface area (Å²) in [5.74, 6) is 0.966. The molecule has 8 nitrogen and oxygen atoms in total. The van der Waals surface area contributed by atoms with E-state index in [2.05, 4.69) is 9.82 Å². The molecule has 0 aliphatic rings. The quantitative estimate of drug-likeness (QED) is 0.582. The molecule has 0 aliphatic carbocycles. The standard InChI is InChI=1S/C18H19N3O5S.ClH/c1-21-18(22)14-9-16(26-3)15(25-2)8-13(14)17(20-21)12-6-4-11(5-7-12)10-19-27(23)24;/h4-9,27H,10H2,1-3H3,(H,19,23,24);1H. The van der Waals surface area contributed by atoms with Crippen molar-refractivity contribution in [3.63, 3.8) is 0 Å². The topological polar surface area (TPSA) is 99.5 Å². The van der Waals surface area contributed by atoms with E-state index < -0.39 is 10.9 Å². The highest BCUT2D eigenvalue weighted by molar-refractivity contribution is 7.70. The molecule has 150 valence electrons. The Morgan fingerprint density at radius 3 is 2.14 bits per heavy atom. The average molecular weight is 426 g/mol. The van der Waals surface area contributed by atoms with Crippen molar-refractivity contribution < 1.29 is 17.9 Å². The molecule has 1 aromatic heterocycles. The van der Waals surface area contributed by atoms with Gasteiger partial charge in [-0.05, 0) is 17.7 Å². The summed E-state index contributed by atoms with van der Waals surface area (Å²) in [5, 5.41) is 5.51. The number of nitrogens with zero attached hydrogens (tertiary/aromatic N) is 2. The third-order valence-electron chi connectivity index (χ3n) is 4.19. The van der Waals surface area contributed by atoms with Crippen LogP contribution in [0.2, 0.25) is 0 Å².